The molecule has 0 fully saturated rings. The molecule has 102 valence electrons. The molecule has 0 radical (unpaired) electrons. The zero-order valence-electron chi connectivity index (χ0n) is 12.2. The molecular weight excluding hydrogens is 216 g/mol. The van der Waals surface area contributed by atoms with Crippen LogP contribution in [0.2, 0.25) is 0 Å². The Balaban J connectivity index is 0. The first kappa shape index (κ1) is 19.0. The smallest absolute Gasteiger partial charge is 0.0181 e. The predicted octanol–water partition coefficient (Wildman–Crippen LogP) is 6.40. The lowest BCUT2D eigenvalue weighted by molar-refractivity contribution is 1.12. The summed E-state index contributed by atoms with van der Waals surface area (Å²) in [7, 11) is 0. The van der Waals surface area contributed by atoms with E-state index >= 15 is 0 Å². The molecule has 0 heteroatoms. The second-order valence-corrected chi connectivity index (χ2v) is 3.48. The van der Waals surface area contributed by atoms with Crippen molar-refractivity contribution in [2.45, 2.75) is 55.4 Å². The largest absolute Gasteiger partial charge is 0.0776 e. The number of hydrogen-bond donors (Lipinski definition) is 0. The maximum atomic E-state index is 2.30. The Labute approximate surface area is 114 Å². The lowest BCUT2D eigenvalue weighted by Crippen LogP contribution is -1.86. The van der Waals surface area contributed by atoms with Crippen LogP contribution in [0.25, 0.3) is 10.8 Å². The van der Waals surface area contributed by atoms with Crippen LogP contribution in [0.4, 0.5) is 0 Å². The molecule has 0 saturated heterocycles. The van der Waals surface area contributed by atoms with Crippen LogP contribution in [0.5, 0.6) is 0 Å². The topological polar surface area (TPSA) is 0 Å². The molecule has 0 aliphatic carbocycles. The molecule has 2 rings (SSSR count). The summed E-state index contributed by atoms with van der Waals surface area (Å²) in [6, 6.07) is 13.1. The van der Waals surface area contributed by atoms with Crippen molar-refractivity contribution < 1.29 is 0 Å². The fourth-order valence-corrected chi connectivity index (χ4v) is 1.78. The van der Waals surface area contributed by atoms with E-state index in [1.165, 1.54) is 21.9 Å². The van der Waals surface area contributed by atoms with Gasteiger partial charge in [0.15, 0.2) is 0 Å². The molecule has 0 heterocycles. The van der Waals surface area contributed by atoms with Crippen molar-refractivity contribution in [3.8, 4) is 0 Å². The first-order chi connectivity index (χ1) is 8.31. The van der Waals surface area contributed by atoms with Gasteiger partial charge in [-0.05, 0) is 35.2 Å². The van der Waals surface area contributed by atoms with E-state index in [9.17, 15) is 0 Å². The molecule has 0 aliphatic heterocycles. The Morgan fingerprint density at radius 3 is 1.72 bits per heavy atom. The molecule has 0 aromatic heterocycles. The summed E-state index contributed by atoms with van der Waals surface area (Å²) in [4.78, 5) is 0. The van der Waals surface area contributed by atoms with Gasteiger partial charge in [-0.1, -0.05) is 78.4 Å². The molecule has 0 nitrogen and oxygen atoms in total. The van der Waals surface area contributed by atoms with E-state index < -0.39 is 0 Å². The number of hydrogen-bond acceptors (Lipinski definition) is 0. The van der Waals surface area contributed by atoms with Gasteiger partial charge in [0.05, 0.1) is 0 Å². The Morgan fingerprint density at radius 1 is 0.833 bits per heavy atom. The molecule has 0 unspecified atom stereocenters. The lowest BCUT2D eigenvalue weighted by atomic mass is 10.0. The van der Waals surface area contributed by atoms with Gasteiger partial charge in [-0.3, -0.25) is 0 Å². The highest BCUT2D eigenvalue weighted by Crippen LogP contribution is 2.19. The first-order valence-corrected chi connectivity index (χ1v) is 6.79. The zero-order chi connectivity index (χ0) is 13.3. The van der Waals surface area contributed by atoms with Crippen molar-refractivity contribution in [1.82, 2.24) is 0 Å². The van der Waals surface area contributed by atoms with E-state index in [-0.39, 0.29) is 7.43 Å². The van der Waals surface area contributed by atoms with Gasteiger partial charge in [-0.25, -0.2) is 0 Å². The molecule has 0 amide bonds. The number of aryl methyl sites for hydroxylation is 2. The number of benzene rings is 2. The van der Waals surface area contributed by atoms with E-state index in [1.54, 1.807) is 0 Å². The van der Waals surface area contributed by atoms with Gasteiger partial charge in [0.1, 0.15) is 0 Å². The average Bonchev–Trinajstić information content (AvgIpc) is 2.42. The van der Waals surface area contributed by atoms with E-state index in [0.717, 1.165) is 6.42 Å². The second kappa shape index (κ2) is 10.8. The van der Waals surface area contributed by atoms with Gasteiger partial charge in [-0.15, -0.1) is 0 Å². The fraction of sp³-hybridized carbons (Fsp3) is 0.444. The van der Waals surface area contributed by atoms with Gasteiger partial charge in [-0.2, -0.15) is 0 Å². The van der Waals surface area contributed by atoms with Gasteiger partial charge >= 0.3 is 0 Å². The minimum Gasteiger partial charge on any atom is -0.0776 e. The van der Waals surface area contributed by atoms with Crippen molar-refractivity contribution in [1.29, 1.82) is 0 Å². The Hall–Kier alpha value is -1.30. The van der Waals surface area contributed by atoms with Gasteiger partial charge in [0.2, 0.25) is 0 Å². The van der Waals surface area contributed by atoms with Crippen LogP contribution >= 0.6 is 0 Å². The average molecular weight is 246 g/mol. The maximum absolute atomic E-state index is 2.30. The predicted molar refractivity (Wildman–Crippen MR) is 87.5 cm³/mol. The van der Waals surface area contributed by atoms with E-state index in [4.69, 9.17) is 0 Å². The molecular formula is C18H30. The summed E-state index contributed by atoms with van der Waals surface area (Å²) in [6.07, 6.45) is 1.12. The van der Waals surface area contributed by atoms with Crippen LogP contribution in [-0.4, -0.2) is 0 Å². The summed E-state index contributed by atoms with van der Waals surface area (Å²) in [5, 5.41) is 2.70. The van der Waals surface area contributed by atoms with Crippen LogP contribution in [0.15, 0.2) is 36.4 Å². The molecule has 2 aromatic rings. The SMILES string of the molecule is C.CC.CC.CCc1cc2ccccc2cc1C. The minimum absolute atomic E-state index is 0. The fourth-order valence-electron chi connectivity index (χ4n) is 1.78. The standard InChI is InChI=1S/C13H14.2C2H6.CH4/c1-3-11-9-13-7-5-4-6-12(13)8-10(11)2;2*1-2;/h4-9H,3H2,1-2H3;2*1-2H3;1H4. The van der Waals surface area contributed by atoms with Crippen molar-refractivity contribution in [2.75, 3.05) is 0 Å². The van der Waals surface area contributed by atoms with Crippen LogP contribution in [0.3, 0.4) is 0 Å². The van der Waals surface area contributed by atoms with Crippen molar-refractivity contribution >= 4 is 10.8 Å². The molecule has 0 bridgehead atoms. The lowest BCUT2D eigenvalue weighted by Gasteiger charge is -2.05. The van der Waals surface area contributed by atoms with E-state index in [2.05, 4.69) is 50.2 Å². The highest BCUT2D eigenvalue weighted by Gasteiger charge is 1.98. The molecule has 18 heavy (non-hydrogen) atoms. The van der Waals surface area contributed by atoms with Crippen LogP contribution < -0.4 is 0 Å². The van der Waals surface area contributed by atoms with Crippen molar-refractivity contribution in [3.63, 3.8) is 0 Å². The third kappa shape index (κ3) is 4.91. The van der Waals surface area contributed by atoms with Crippen molar-refractivity contribution in [2.24, 2.45) is 0 Å². The monoisotopic (exact) mass is 246 g/mol. The van der Waals surface area contributed by atoms with Crippen LogP contribution in [0, 0.1) is 6.92 Å². The van der Waals surface area contributed by atoms with Crippen molar-refractivity contribution in [3.05, 3.63) is 47.5 Å². The summed E-state index contributed by atoms with van der Waals surface area (Å²) in [6.45, 7) is 12.4. The third-order valence-corrected chi connectivity index (χ3v) is 2.59. The van der Waals surface area contributed by atoms with E-state index in [1.807, 2.05) is 27.7 Å². The van der Waals surface area contributed by atoms with Gasteiger partial charge in [0.25, 0.3) is 0 Å². The number of fused-ring (bicyclic) bond motifs is 1. The van der Waals surface area contributed by atoms with Crippen LogP contribution in [-0.2, 0) is 6.42 Å². The minimum atomic E-state index is 0. The highest BCUT2D eigenvalue weighted by molar-refractivity contribution is 5.83. The molecule has 0 spiro atoms. The second-order valence-electron chi connectivity index (χ2n) is 3.48. The normalized spacial score (nSPS) is 8.33. The molecule has 0 saturated carbocycles. The first-order valence-electron chi connectivity index (χ1n) is 6.79. The summed E-state index contributed by atoms with van der Waals surface area (Å²) >= 11 is 0. The van der Waals surface area contributed by atoms with Crippen LogP contribution in [0.1, 0.15) is 53.2 Å². The summed E-state index contributed by atoms with van der Waals surface area (Å²) in [5.74, 6) is 0. The molecule has 0 aliphatic rings. The van der Waals surface area contributed by atoms with Gasteiger partial charge in [0, 0.05) is 0 Å². The molecule has 0 atom stereocenters. The Morgan fingerprint density at radius 2 is 1.28 bits per heavy atom. The zero-order valence-corrected chi connectivity index (χ0v) is 12.2. The quantitative estimate of drug-likeness (QED) is 0.546. The van der Waals surface area contributed by atoms with E-state index in [0.29, 0.717) is 0 Å². The summed E-state index contributed by atoms with van der Waals surface area (Å²) < 4.78 is 0. The Kier molecular flexibility index (Phi) is 11.5. The molecule has 2 aromatic carbocycles. The maximum Gasteiger partial charge on any atom is -0.0181 e. The number of rotatable bonds is 1. The Bertz CT molecular complexity index is 427. The summed E-state index contributed by atoms with van der Waals surface area (Å²) in [5.41, 5.74) is 2.86. The third-order valence-electron chi connectivity index (χ3n) is 2.59. The highest BCUT2D eigenvalue weighted by atomic mass is 14.0. The molecule has 0 N–H and O–H groups in total. The van der Waals surface area contributed by atoms with Gasteiger partial charge < -0.3 is 0 Å².